The SMILES string of the molecule is COc1ccc2c3c([nH]c2c1)[C@H](CO)N(C(=O)Nc1ccc(F)cc1)CC31CN(S(=O)(=O)c2ccc(C)cc2)C1. The van der Waals surface area contributed by atoms with Gasteiger partial charge in [-0.2, -0.15) is 4.31 Å². The Morgan fingerprint density at radius 1 is 1.10 bits per heavy atom. The number of amides is 2. The predicted molar refractivity (Wildman–Crippen MR) is 148 cm³/mol. The van der Waals surface area contributed by atoms with E-state index in [2.05, 4.69) is 10.3 Å². The Balaban J connectivity index is 1.40. The van der Waals surface area contributed by atoms with Crippen LogP contribution >= 0.6 is 0 Å². The molecule has 4 aromatic rings. The second-order valence-electron chi connectivity index (χ2n) is 10.5. The van der Waals surface area contributed by atoms with E-state index >= 15 is 0 Å². The molecule has 1 fully saturated rings. The van der Waals surface area contributed by atoms with Crippen LogP contribution in [-0.4, -0.2) is 67.1 Å². The number of carbonyl (C=O) groups excluding carboxylic acids is 1. The Bertz CT molecular complexity index is 1700. The summed E-state index contributed by atoms with van der Waals surface area (Å²) in [7, 11) is -2.18. The van der Waals surface area contributed by atoms with Crippen LogP contribution in [0.15, 0.2) is 71.6 Å². The lowest BCUT2D eigenvalue weighted by Gasteiger charge is -2.55. The first-order valence-electron chi connectivity index (χ1n) is 12.9. The number of nitrogens with zero attached hydrogens (tertiary/aromatic N) is 2. The maximum atomic E-state index is 13.6. The maximum Gasteiger partial charge on any atom is 0.322 e. The van der Waals surface area contributed by atoms with Gasteiger partial charge in [0.25, 0.3) is 0 Å². The minimum atomic E-state index is -3.75. The molecule has 11 heteroatoms. The standard InChI is InChI=1S/C29H29FN4O5S/c1-18-3-10-22(11-4-18)40(37,38)33-15-29(16-33)17-34(28(36)31-20-7-5-19(30)6-8-20)25(14-35)27-26(29)23-12-9-21(39-2)13-24(23)32-27/h3-13,25,32,35H,14-17H2,1-2H3,(H,31,36)/t25-/m0/s1. The molecule has 0 unspecified atom stereocenters. The molecule has 2 amide bonds. The maximum absolute atomic E-state index is 13.6. The Kier molecular flexibility index (Phi) is 6.32. The molecule has 1 saturated heterocycles. The number of anilines is 1. The number of rotatable bonds is 5. The molecule has 1 aromatic heterocycles. The number of methoxy groups -OCH3 is 1. The molecule has 208 valence electrons. The van der Waals surface area contributed by atoms with Crippen molar-refractivity contribution in [3.05, 3.63) is 89.4 Å². The number of aliphatic hydroxyl groups is 1. The van der Waals surface area contributed by atoms with Gasteiger partial charge in [-0.1, -0.05) is 17.7 Å². The highest BCUT2D eigenvalue weighted by molar-refractivity contribution is 7.89. The predicted octanol–water partition coefficient (Wildman–Crippen LogP) is 4.15. The van der Waals surface area contributed by atoms with Gasteiger partial charge in [0, 0.05) is 53.4 Å². The average molecular weight is 565 g/mol. The second kappa shape index (κ2) is 9.61. The van der Waals surface area contributed by atoms with Crippen molar-refractivity contribution >= 4 is 32.6 Å². The molecular weight excluding hydrogens is 535 g/mol. The van der Waals surface area contributed by atoms with Gasteiger partial charge < -0.3 is 25.0 Å². The Hall–Kier alpha value is -3.93. The van der Waals surface area contributed by atoms with Gasteiger partial charge in [0.15, 0.2) is 0 Å². The van der Waals surface area contributed by atoms with Crippen LogP contribution in [0.1, 0.15) is 22.9 Å². The summed E-state index contributed by atoms with van der Waals surface area (Å²) in [4.78, 5) is 18.7. The quantitative estimate of drug-likeness (QED) is 0.337. The summed E-state index contributed by atoms with van der Waals surface area (Å²) in [5.74, 6) is 0.217. The highest BCUT2D eigenvalue weighted by atomic mass is 32.2. The molecule has 3 heterocycles. The summed E-state index contributed by atoms with van der Waals surface area (Å²) in [6.07, 6.45) is 0. The zero-order valence-corrected chi connectivity index (χ0v) is 22.8. The van der Waals surface area contributed by atoms with Crippen LogP contribution in [0.2, 0.25) is 0 Å². The van der Waals surface area contributed by atoms with Crippen LogP contribution in [0.5, 0.6) is 5.75 Å². The summed E-state index contributed by atoms with van der Waals surface area (Å²) >= 11 is 0. The molecule has 0 bridgehead atoms. The van der Waals surface area contributed by atoms with E-state index in [9.17, 15) is 22.7 Å². The number of aromatic nitrogens is 1. The smallest absolute Gasteiger partial charge is 0.322 e. The lowest BCUT2D eigenvalue weighted by molar-refractivity contribution is 0.0550. The summed E-state index contributed by atoms with van der Waals surface area (Å²) in [6.45, 7) is 2.04. The zero-order chi connectivity index (χ0) is 28.2. The molecular formula is C29H29FN4O5S. The molecule has 2 aliphatic rings. The number of aromatic amines is 1. The molecule has 3 N–H and O–H groups in total. The van der Waals surface area contributed by atoms with Crippen molar-refractivity contribution in [3.8, 4) is 5.75 Å². The first-order valence-corrected chi connectivity index (χ1v) is 14.3. The van der Waals surface area contributed by atoms with Crippen LogP contribution in [0, 0.1) is 12.7 Å². The summed E-state index contributed by atoms with van der Waals surface area (Å²) in [5.41, 5.74) is 2.96. The third-order valence-corrected chi connectivity index (χ3v) is 9.70. The number of sulfonamides is 1. The highest BCUT2D eigenvalue weighted by Crippen LogP contribution is 2.49. The van der Waals surface area contributed by atoms with Crippen LogP contribution in [0.25, 0.3) is 10.9 Å². The number of hydrogen-bond acceptors (Lipinski definition) is 5. The molecule has 2 aliphatic heterocycles. The van der Waals surface area contributed by atoms with Crippen LogP contribution in [0.4, 0.5) is 14.9 Å². The summed E-state index contributed by atoms with van der Waals surface area (Å²) in [6, 6.07) is 16.6. The van der Waals surface area contributed by atoms with Gasteiger partial charge >= 0.3 is 6.03 Å². The van der Waals surface area contributed by atoms with Crippen molar-refractivity contribution < 1.29 is 27.4 Å². The summed E-state index contributed by atoms with van der Waals surface area (Å²) < 4.78 is 47.2. The van der Waals surface area contributed by atoms with Crippen LogP contribution < -0.4 is 10.1 Å². The monoisotopic (exact) mass is 564 g/mol. The fourth-order valence-electron chi connectivity index (χ4n) is 5.86. The first-order chi connectivity index (χ1) is 19.1. The molecule has 40 heavy (non-hydrogen) atoms. The summed E-state index contributed by atoms with van der Waals surface area (Å²) in [5, 5.41) is 14.2. The fraction of sp³-hybridized carbons (Fsp3) is 0.276. The lowest BCUT2D eigenvalue weighted by Crippen LogP contribution is -2.68. The largest absolute Gasteiger partial charge is 0.497 e. The van der Waals surface area contributed by atoms with E-state index < -0.39 is 33.3 Å². The van der Waals surface area contributed by atoms with Gasteiger partial charge in [-0.05, 0) is 61.0 Å². The van der Waals surface area contributed by atoms with Gasteiger partial charge in [0.2, 0.25) is 10.0 Å². The van der Waals surface area contributed by atoms with E-state index in [0.29, 0.717) is 17.1 Å². The van der Waals surface area contributed by atoms with E-state index in [1.54, 1.807) is 31.4 Å². The van der Waals surface area contributed by atoms with Gasteiger partial charge in [0.1, 0.15) is 11.6 Å². The minimum Gasteiger partial charge on any atom is -0.497 e. The number of urea groups is 1. The number of benzene rings is 3. The van der Waals surface area contributed by atoms with Crippen molar-refractivity contribution in [1.82, 2.24) is 14.2 Å². The third kappa shape index (κ3) is 4.21. The van der Waals surface area contributed by atoms with Crippen LogP contribution in [0.3, 0.4) is 0 Å². The van der Waals surface area contributed by atoms with Gasteiger partial charge in [-0.15, -0.1) is 0 Å². The molecule has 0 aliphatic carbocycles. The van der Waals surface area contributed by atoms with Crippen molar-refractivity contribution in [2.24, 2.45) is 0 Å². The normalized spacial score (nSPS) is 18.4. The van der Waals surface area contributed by atoms with E-state index in [1.807, 2.05) is 25.1 Å². The van der Waals surface area contributed by atoms with E-state index in [1.165, 1.54) is 33.5 Å². The number of carbonyl (C=O) groups is 1. The fourth-order valence-corrected chi connectivity index (χ4v) is 7.48. The molecule has 0 saturated carbocycles. The average Bonchev–Trinajstić information content (AvgIpc) is 3.31. The van der Waals surface area contributed by atoms with Gasteiger partial charge in [-0.25, -0.2) is 17.6 Å². The van der Waals surface area contributed by atoms with Crippen molar-refractivity contribution in [3.63, 3.8) is 0 Å². The number of halogens is 1. The first kappa shape index (κ1) is 26.3. The highest BCUT2D eigenvalue weighted by Gasteiger charge is 2.56. The van der Waals surface area contributed by atoms with E-state index in [4.69, 9.17) is 4.74 Å². The second-order valence-corrected chi connectivity index (χ2v) is 12.4. The molecule has 1 spiro atoms. The van der Waals surface area contributed by atoms with Crippen LogP contribution in [-0.2, 0) is 15.4 Å². The lowest BCUT2D eigenvalue weighted by atomic mass is 9.70. The van der Waals surface area contributed by atoms with Crippen molar-refractivity contribution in [1.29, 1.82) is 0 Å². The zero-order valence-electron chi connectivity index (χ0n) is 22.0. The van der Waals surface area contributed by atoms with Gasteiger partial charge in [0.05, 0.1) is 24.7 Å². The number of fused-ring (bicyclic) bond motifs is 4. The molecule has 0 radical (unpaired) electrons. The van der Waals surface area contributed by atoms with Gasteiger partial charge in [-0.3, -0.25) is 0 Å². The molecule has 6 rings (SSSR count). The Morgan fingerprint density at radius 3 is 2.45 bits per heavy atom. The van der Waals surface area contributed by atoms with Crippen molar-refractivity contribution in [2.45, 2.75) is 23.3 Å². The molecule has 1 atom stereocenters. The molecule has 9 nitrogen and oxygen atoms in total. The number of ether oxygens (including phenoxy) is 1. The topological polar surface area (TPSA) is 115 Å². The van der Waals surface area contributed by atoms with E-state index in [0.717, 1.165) is 22.0 Å². The number of H-pyrrole nitrogens is 1. The Labute approximate surface area is 231 Å². The number of nitrogens with one attached hydrogen (secondary N) is 2. The third-order valence-electron chi connectivity index (χ3n) is 7.89. The van der Waals surface area contributed by atoms with E-state index in [-0.39, 0.29) is 31.1 Å². The van der Waals surface area contributed by atoms with Crippen molar-refractivity contribution in [2.75, 3.05) is 38.7 Å². The Morgan fingerprint density at radius 2 is 1.80 bits per heavy atom. The number of aliphatic hydroxyl groups excluding tert-OH is 1. The number of hydrogen-bond donors (Lipinski definition) is 3. The number of aryl methyl sites for hydroxylation is 1. The molecule has 3 aromatic carbocycles. The minimum absolute atomic E-state index is 0.160.